The molecule has 94 valence electrons. The highest BCUT2D eigenvalue weighted by Crippen LogP contribution is 2.43. The monoisotopic (exact) mass is 266 g/mol. The molecule has 1 unspecified atom stereocenters. The number of benzene rings is 1. The number of ketones is 1. The van der Waals surface area contributed by atoms with Crippen molar-refractivity contribution in [3.8, 4) is 5.75 Å². The number of hydrogen-bond donors (Lipinski definition) is 1. The van der Waals surface area contributed by atoms with E-state index in [1.54, 1.807) is 12.1 Å². The van der Waals surface area contributed by atoms with Gasteiger partial charge >= 0.3 is 5.97 Å². The van der Waals surface area contributed by atoms with E-state index >= 15 is 0 Å². The van der Waals surface area contributed by atoms with Crippen LogP contribution in [0.5, 0.6) is 5.75 Å². The van der Waals surface area contributed by atoms with Gasteiger partial charge in [0, 0.05) is 17.9 Å². The second-order valence-electron chi connectivity index (χ2n) is 4.70. The van der Waals surface area contributed by atoms with E-state index in [4.69, 9.17) is 21.4 Å². The van der Waals surface area contributed by atoms with Crippen LogP contribution in [0.4, 0.5) is 0 Å². The number of carbonyl (C=O) groups is 2. The van der Waals surface area contributed by atoms with Gasteiger partial charge in [-0.2, -0.15) is 0 Å². The minimum absolute atomic E-state index is 0.126. The molecule has 1 saturated carbocycles. The number of fused-ring (bicyclic) bond motifs is 1. The van der Waals surface area contributed by atoms with Crippen molar-refractivity contribution in [2.75, 3.05) is 6.61 Å². The molecule has 0 saturated heterocycles. The fourth-order valence-corrected chi connectivity index (χ4v) is 2.67. The van der Waals surface area contributed by atoms with E-state index in [1.165, 1.54) is 0 Å². The van der Waals surface area contributed by atoms with Gasteiger partial charge in [0.25, 0.3) is 0 Å². The molecule has 1 aliphatic carbocycles. The Hall–Kier alpha value is -1.55. The van der Waals surface area contributed by atoms with Crippen LogP contribution in [-0.4, -0.2) is 23.5 Å². The molecule has 1 heterocycles. The van der Waals surface area contributed by atoms with Crippen LogP contribution >= 0.6 is 11.6 Å². The van der Waals surface area contributed by atoms with Crippen molar-refractivity contribution in [1.82, 2.24) is 0 Å². The van der Waals surface area contributed by atoms with E-state index in [2.05, 4.69) is 0 Å². The molecule has 0 radical (unpaired) electrons. The Morgan fingerprint density at radius 3 is 2.78 bits per heavy atom. The van der Waals surface area contributed by atoms with Crippen molar-refractivity contribution in [3.05, 3.63) is 28.3 Å². The number of halogens is 1. The van der Waals surface area contributed by atoms with Gasteiger partial charge in [0.2, 0.25) is 0 Å². The first-order chi connectivity index (χ1) is 8.58. The van der Waals surface area contributed by atoms with Crippen LogP contribution in [0.15, 0.2) is 12.1 Å². The van der Waals surface area contributed by atoms with Crippen LogP contribution in [0.1, 0.15) is 22.3 Å². The van der Waals surface area contributed by atoms with Gasteiger partial charge in [-0.1, -0.05) is 11.6 Å². The number of carboxylic acid groups (broad SMARTS) is 1. The first-order valence-corrected chi connectivity index (χ1v) is 6.18. The smallest absolute Gasteiger partial charge is 0.307 e. The van der Waals surface area contributed by atoms with E-state index in [0.29, 0.717) is 29.4 Å². The van der Waals surface area contributed by atoms with Crippen LogP contribution in [0.2, 0.25) is 5.02 Å². The molecule has 0 spiro atoms. The Bertz CT molecular complexity index is 552. The van der Waals surface area contributed by atoms with Crippen LogP contribution in [0.25, 0.3) is 0 Å². The molecule has 18 heavy (non-hydrogen) atoms. The Labute approximate surface area is 109 Å². The second kappa shape index (κ2) is 3.99. The van der Waals surface area contributed by atoms with Gasteiger partial charge in [0.05, 0.1) is 17.5 Å². The van der Waals surface area contributed by atoms with Gasteiger partial charge in [-0.25, -0.2) is 0 Å². The van der Waals surface area contributed by atoms with Gasteiger partial charge in [0.1, 0.15) is 5.75 Å². The Balaban J connectivity index is 1.88. The topological polar surface area (TPSA) is 63.6 Å². The molecule has 3 rings (SSSR count). The highest BCUT2D eigenvalue weighted by molar-refractivity contribution is 6.32. The van der Waals surface area contributed by atoms with E-state index in [9.17, 15) is 9.59 Å². The number of rotatable bonds is 3. The van der Waals surface area contributed by atoms with Crippen molar-refractivity contribution >= 4 is 23.4 Å². The third kappa shape index (κ3) is 1.77. The number of aliphatic carboxylic acids is 1. The zero-order chi connectivity index (χ0) is 12.9. The quantitative estimate of drug-likeness (QED) is 0.852. The number of hydrogen-bond acceptors (Lipinski definition) is 3. The summed E-state index contributed by atoms with van der Waals surface area (Å²) < 4.78 is 5.36. The van der Waals surface area contributed by atoms with E-state index in [0.717, 1.165) is 12.0 Å². The highest BCUT2D eigenvalue weighted by Gasteiger charge is 2.48. The Morgan fingerprint density at radius 2 is 2.11 bits per heavy atom. The summed E-state index contributed by atoms with van der Waals surface area (Å²) in [5, 5.41) is 9.26. The van der Waals surface area contributed by atoms with Gasteiger partial charge in [-0.3, -0.25) is 9.59 Å². The van der Waals surface area contributed by atoms with Crippen LogP contribution < -0.4 is 4.74 Å². The van der Waals surface area contributed by atoms with Gasteiger partial charge < -0.3 is 9.84 Å². The number of Topliss-reactive ketones (excluding diaryl/α,β-unsaturated/α-hetero) is 1. The lowest BCUT2D eigenvalue weighted by Gasteiger charge is -2.05. The molecule has 0 amide bonds. The summed E-state index contributed by atoms with van der Waals surface area (Å²) in [5.41, 5.74) is 1.43. The van der Waals surface area contributed by atoms with E-state index < -0.39 is 11.9 Å². The summed E-state index contributed by atoms with van der Waals surface area (Å²) in [6, 6.07) is 3.35. The number of carboxylic acids is 1. The van der Waals surface area contributed by atoms with Crippen LogP contribution in [0.3, 0.4) is 0 Å². The Morgan fingerprint density at radius 1 is 1.33 bits per heavy atom. The lowest BCUT2D eigenvalue weighted by atomic mass is 10.0. The molecule has 0 aromatic heterocycles. The zero-order valence-electron chi connectivity index (χ0n) is 9.48. The van der Waals surface area contributed by atoms with Gasteiger partial charge in [0.15, 0.2) is 5.78 Å². The molecule has 5 heteroatoms. The number of ether oxygens (including phenoxy) is 1. The first kappa shape index (κ1) is 11.5. The maximum absolute atomic E-state index is 12.1. The molecule has 4 nitrogen and oxygen atoms in total. The molecule has 1 aromatic rings. The predicted octanol–water partition coefficient (Wildman–Crippen LogP) is 2.18. The fourth-order valence-electron chi connectivity index (χ4n) is 2.37. The SMILES string of the molecule is O=C(c1cc(Cl)c2c(c1)CCO2)C1C[C@@H]1C(=O)O. The lowest BCUT2D eigenvalue weighted by molar-refractivity contribution is -0.138. The van der Waals surface area contributed by atoms with Gasteiger partial charge in [-0.05, 0) is 24.1 Å². The maximum Gasteiger partial charge on any atom is 0.307 e. The summed E-state index contributed by atoms with van der Waals surface area (Å²) >= 11 is 6.05. The first-order valence-electron chi connectivity index (χ1n) is 5.80. The third-order valence-electron chi connectivity index (χ3n) is 3.47. The minimum atomic E-state index is -0.899. The summed E-state index contributed by atoms with van der Waals surface area (Å²) in [5.74, 6) is -1.29. The Kier molecular flexibility index (Phi) is 2.55. The average molecular weight is 267 g/mol. The van der Waals surface area contributed by atoms with Gasteiger partial charge in [-0.15, -0.1) is 0 Å². The van der Waals surface area contributed by atoms with E-state index in [-0.39, 0.29) is 11.7 Å². The molecule has 1 N–H and O–H groups in total. The fraction of sp³-hybridized carbons (Fsp3) is 0.385. The molecule has 1 aromatic carbocycles. The molecule has 0 bridgehead atoms. The van der Waals surface area contributed by atoms with E-state index in [1.807, 2.05) is 0 Å². The predicted molar refractivity (Wildman–Crippen MR) is 64.2 cm³/mol. The molecule has 2 aliphatic rings. The summed E-state index contributed by atoms with van der Waals surface area (Å²) in [6.07, 6.45) is 1.17. The molecular weight excluding hydrogens is 256 g/mol. The van der Waals surface area contributed by atoms with Crippen molar-refractivity contribution in [1.29, 1.82) is 0 Å². The third-order valence-corrected chi connectivity index (χ3v) is 3.75. The average Bonchev–Trinajstić information content (AvgIpc) is 2.99. The summed E-state index contributed by atoms with van der Waals surface area (Å²) in [6.45, 7) is 0.577. The maximum atomic E-state index is 12.1. The van der Waals surface area contributed by atoms with Crippen molar-refractivity contribution < 1.29 is 19.4 Å². The lowest BCUT2D eigenvalue weighted by Crippen LogP contribution is -2.08. The normalized spacial score (nSPS) is 24.3. The largest absolute Gasteiger partial charge is 0.491 e. The van der Waals surface area contributed by atoms with Crippen molar-refractivity contribution in [3.63, 3.8) is 0 Å². The zero-order valence-corrected chi connectivity index (χ0v) is 10.2. The van der Waals surface area contributed by atoms with Crippen LogP contribution in [0, 0.1) is 11.8 Å². The second-order valence-corrected chi connectivity index (χ2v) is 5.10. The molecule has 1 fully saturated rings. The molecule has 1 aliphatic heterocycles. The number of carbonyl (C=O) groups excluding carboxylic acids is 1. The van der Waals surface area contributed by atoms with Crippen molar-refractivity contribution in [2.45, 2.75) is 12.8 Å². The molecule has 2 atom stereocenters. The summed E-state index contributed by atoms with van der Waals surface area (Å²) in [4.78, 5) is 22.9. The van der Waals surface area contributed by atoms with Crippen LogP contribution in [-0.2, 0) is 11.2 Å². The molecular formula is C13H11ClO4. The van der Waals surface area contributed by atoms with Crippen molar-refractivity contribution in [2.24, 2.45) is 11.8 Å². The minimum Gasteiger partial charge on any atom is -0.491 e. The highest BCUT2D eigenvalue weighted by atomic mass is 35.5. The summed E-state index contributed by atoms with van der Waals surface area (Å²) in [7, 11) is 0. The standard InChI is InChI=1S/C13H11ClO4/c14-10-4-7(3-6-1-2-18-12(6)10)11(15)8-5-9(8)13(16)17/h3-4,8-9H,1-2,5H2,(H,16,17)/t8?,9-/m0/s1.